The second-order valence-corrected chi connectivity index (χ2v) is 7.50. The second-order valence-electron chi connectivity index (χ2n) is 6.59. The number of benzene rings is 2. The number of hydrogen-bond acceptors (Lipinski definition) is 3. The van der Waals surface area contributed by atoms with Gasteiger partial charge in [0.2, 0.25) is 0 Å². The molecule has 1 N–H and O–H groups in total. The number of imidazole rings is 1. The SMILES string of the molecule is N#Cc1ccc(CC(c2cnc[nH]2)N2CCc3cc(Br)ccc3C2=O)cc1. The van der Waals surface area contributed by atoms with Crippen molar-refractivity contribution in [3.05, 3.63) is 87.4 Å². The van der Waals surface area contributed by atoms with Crippen LogP contribution in [0.15, 0.2) is 59.5 Å². The molecular weight excluding hydrogens is 404 g/mol. The largest absolute Gasteiger partial charge is 0.347 e. The van der Waals surface area contributed by atoms with Crippen LogP contribution in [0.3, 0.4) is 0 Å². The Labute approximate surface area is 165 Å². The molecule has 0 aliphatic carbocycles. The lowest BCUT2D eigenvalue weighted by Crippen LogP contribution is -2.41. The van der Waals surface area contributed by atoms with Crippen molar-refractivity contribution in [3.8, 4) is 6.07 Å². The number of nitrogens with zero attached hydrogens (tertiary/aromatic N) is 3. The van der Waals surface area contributed by atoms with E-state index in [1.807, 2.05) is 47.4 Å². The van der Waals surface area contributed by atoms with Crippen molar-refractivity contribution in [1.82, 2.24) is 14.9 Å². The normalized spacial score (nSPS) is 14.5. The molecule has 3 aromatic rings. The van der Waals surface area contributed by atoms with E-state index in [0.717, 1.165) is 33.3 Å². The monoisotopic (exact) mass is 420 g/mol. The summed E-state index contributed by atoms with van der Waals surface area (Å²) in [7, 11) is 0. The van der Waals surface area contributed by atoms with Crippen LogP contribution in [-0.2, 0) is 12.8 Å². The van der Waals surface area contributed by atoms with Gasteiger partial charge in [0.1, 0.15) is 0 Å². The average molecular weight is 421 g/mol. The average Bonchev–Trinajstić information content (AvgIpc) is 3.22. The van der Waals surface area contributed by atoms with E-state index in [9.17, 15) is 4.79 Å². The number of aromatic nitrogens is 2. The van der Waals surface area contributed by atoms with Gasteiger partial charge < -0.3 is 9.88 Å². The molecule has 2 aromatic carbocycles. The van der Waals surface area contributed by atoms with Crippen LogP contribution in [-0.4, -0.2) is 27.3 Å². The molecule has 4 rings (SSSR count). The number of halogens is 1. The Morgan fingerprint density at radius 3 is 2.78 bits per heavy atom. The zero-order chi connectivity index (χ0) is 18.8. The Morgan fingerprint density at radius 1 is 1.26 bits per heavy atom. The van der Waals surface area contributed by atoms with E-state index in [4.69, 9.17) is 5.26 Å². The van der Waals surface area contributed by atoms with Crippen LogP contribution >= 0.6 is 15.9 Å². The fourth-order valence-electron chi connectivity index (χ4n) is 3.55. The van der Waals surface area contributed by atoms with Gasteiger partial charge in [-0.2, -0.15) is 5.26 Å². The minimum atomic E-state index is -0.135. The van der Waals surface area contributed by atoms with E-state index in [2.05, 4.69) is 32.0 Å². The van der Waals surface area contributed by atoms with Gasteiger partial charge in [-0.15, -0.1) is 0 Å². The molecule has 6 heteroatoms. The summed E-state index contributed by atoms with van der Waals surface area (Å²) in [6.45, 7) is 0.655. The van der Waals surface area contributed by atoms with Gasteiger partial charge >= 0.3 is 0 Å². The lowest BCUT2D eigenvalue weighted by molar-refractivity contribution is 0.0652. The standard InChI is InChI=1S/C21H17BrN4O/c22-17-5-6-18-16(10-17)7-8-26(21(18)27)20(19-12-24-13-25-19)9-14-1-3-15(11-23)4-2-14/h1-6,10,12-13,20H,7-9H2,(H,24,25). The molecule has 0 fully saturated rings. The highest BCUT2D eigenvalue weighted by atomic mass is 79.9. The zero-order valence-electron chi connectivity index (χ0n) is 14.5. The topological polar surface area (TPSA) is 72.8 Å². The molecule has 0 saturated carbocycles. The maximum absolute atomic E-state index is 13.2. The Bertz CT molecular complexity index is 1010. The Kier molecular flexibility index (Phi) is 4.78. The number of amides is 1. The number of carbonyl (C=O) groups excluding carboxylic acids is 1. The quantitative estimate of drug-likeness (QED) is 0.692. The molecule has 1 unspecified atom stereocenters. The molecule has 1 amide bonds. The maximum atomic E-state index is 13.2. The highest BCUT2D eigenvalue weighted by Crippen LogP contribution is 2.31. The summed E-state index contributed by atoms with van der Waals surface area (Å²) in [5.41, 5.74) is 4.45. The van der Waals surface area contributed by atoms with Gasteiger partial charge in [-0.25, -0.2) is 4.98 Å². The zero-order valence-corrected chi connectivity index (χ0v) is 16.1. The number of nitriles is 1. The van der Waals surface area contributed by atoms with Crippen molar-refractivity contribution in [3.63, 3.8) is 0 Å². The van der Waals surface area contributed by atoms with Gasteiger partial charge in [0.25, 0.3) is 5.91 Å². The third-order valence-corrected chi connectivity index (χ3v) is 5.44. The molecule has 134 valence electrons. The number of rotatable bonds is 4. The van der Waals surface area contributed by atoms with Gasteiger partial charge in [-0.3, -0.25) is 4.79 Å². The molecule has 1 aliphatic rings. The minimum Gasteiger partial charge on any atom is -0.347 e. The summed E-state index contributed by atoms with van der Waals surface area (Å²) >= 11 is 3.48. The van der Waals surface area contributed by atoms with E-state index in [-0.39, 0.29) is 11.9 Å². The molecule has 1 atom stereocenters. The highest BCUT2D eigenvalue weighted by Gasteiger charge is 2.31. The Balaban J connectivity index is 1.66. The van der Waals surface area contributed by atoms with Crippen LogP contribution in [0, 0.1) is 11.3 Å². The molecule has 0 spiro atoms. The minimum absolute atomic E-state index is 0.0389. The Morgan fingerprint density at radius 2 is 2.07 bits per heavy atom. The van der Waals surface area contributed by atoms with Crippen molar-refractivity contribution < 1.29 is 4.79 Å². The van der Waals surface area contributed by atoms with Gasteiger partial charge in [0.05, 0.1) is 35.9 Å². The summed E-state index contributed by atoms with van der Waals surface area (Å²) in [4.78, 5) is 22.4. The maximum Gasteiger partial charge on any atom is 0.254 e. The summed E-state index contributed by atoms with van der Waals surface area (Å²) in [5.74, 6) is 0.0389. The van der Waals surface area contributed by atoms with Crippen LogP contribution < -0.4 is 0 Å². The van der Waals surface area contributed by atoms with Crippen LogP contribution in [0.25, 0.3) is 0 Å². The molecule has 27 heavy (non-hydrogen) atoms. The fourth-order valence-corrected chi connectivity index (χ4v) is 3.96. The van der Waals surface area contributed by atoms with Crippen LogP contribution in [0.5, 0.6) is 0 Å². The number of hydrogen-bond donors (Lipinski definition) is 1. The first-order chi connectivity index (χ1) is 13.2. The molecule has 0 radical (unpaired) electrons. The Hall–Kier alpha value is -2.91. The van der Waals surface area contributed by atoms with Crippen molar-refractivity contribution in [2.24, 2.45) is 0 Å². The number of aromatic amines is 1. The van der Waals surface area contributed by atoms with Gasteiger partial charge in [-0.05, 0) is 54.3 Å². The van der Waals surface area contributed by atoms with E-state index in [0.29, 0.717) is 18.5 Å². The smallest absolute Gasteiger partial charge is 0.254 e. The van der Waals surface area contributed by atoms with E-state index in [1.165, 1.54) is 0 Å². The number of carbonyl (C=O) groups is 1. The van der Waals surface area contributed by atoms with E-state index >= 15 is 0 Å². The molecular formula is C21H17BrN4O. The lowest BCUT2D eigenvalue weighted by Gasteiger charge is -2.35. The fraction of sp³-hybridized carbons (Fsp3) is 0.190. The summed E-state index contributed by atoms with van der Waals surface area (Å²) in [6.07, 6.45) is 4.89. The van der Waals surface area contributed by atoms with Crippen molar-refractivity contribution in [2.45, 2.75) is 18.9 Å². The predicted octanol–water partition coefficient (Wildman–Crippen LogP) is 4.03. The number of H-pyrrole nitrogens is 1. The van der Waals surface area contributed by atoms with Crippen molar-refractivity contribution >= 4 is 21.8 Å². The molecule has 0 saturated heterocycles. The summed E-state index contributed by atoms with van der Waals surface area (Å²) in [6, 6.07) is 15.3. The first kappa shape index (κ1) is 17.5. The first-order valence-corrected chi connectivity index (χ1v) is 9.51. The number of fused-ring (bicyclic) bond motifs is 1. The van der Waals surface area contributed by atoms with Crippen LogP contribution in [0.2, 0.25) is 0 Å². The number of nitrogens with one attached hydrogen (secondary N) is 1. The van der Waals surface area contributed by atoms with Gasteiger partial charge in [-0.1, -0.05) is 28.1 Å². The molecule has 5 nitrogen and oxygen atoms in total. The first-order valence-electron chi connectivity index (χ1n) is 8.72. The third-order valence-electron chi connectivity index (χ3n) is 4.95. The van der Waals surface area contributed by atoms with E-state index < -0.39 is 0 Å². The lowest BCUT2D eigenvalue weighted by atomic mass is 9.94. The summed E-state index contributed by atoms with van der Waals surface area (Å²) in [5, 5.41) is 8.99. The second kappa shape index (κ2) is 7.37. The van der Waals surface area contributed by atoms with E-state index in [1.54, 1.807) is 12.5 Å². The van der Waals surface area contributed by atoms with Crippen molar-refractivity contribution in [2.75, 3.05) is 6.54 Å². The van der Waals surface area contributed by atoms with Crippen molar-refractivity contribution in [1.29, 1.82) is 5.26 Å². The molecule has 1 aliphatic heterocycles. The summed E-state index contributed by atoms with van der Waals surface area (Å²) < 4.78 is 0.991. The third kappa shape index (κ3) is 3.51. The van der Waals surface area contributed by atoms with Crippen LogP contribution in [0.4, 0.5) is 0 Å². The molecule has 2 heterocycles. The van der Waals surface area contributed by atoms with Gasteiger partial charge in [0.15, 0.2) is 0 Å². The van der Waals surface area contributed by atoms with Gasteiger partial charge in [0, 0.05) is 16.6 Å². The molecule has 0 bridgehead atoms. The predicted molar refractivity (Wildman–Crippen MR) is 105 cm³/mol. The molecule has 1 aromatic heterocycles. The highest BCUT2D eigenvalue weighted by molar-refractivity contribution is 9.10. The van der Waals surface area contributed by atoms with Crippen LogP contribution in [0.1, 0.15) is 38.8 Å².